The van der Waals surface area contributed by atoms with Crippen molar-refractivity contribution >= 4 is 49.0 Å². The molecule has 0 aliphatic rings. The lowest BCUT2D eigenvalue weighted by Crippen LogP contribution is -1.98. The van der Waals surface area contributed by atoms with Gasteiger partial charge in [-0.25, -0.2) is 0 Å². The molecular formula is C11H6Br2OS. The molecule has 2 aromatic rings. The molecule has 1 aromatic carbocycles. The van der Waals surface area contributed by atoms with Crippen LogP contribution in [0, 0.1) is 0 Å². The third-order valence-electron chi connectivity index (χ3n) is 1.93. The summed E-state index contributed by atoms with van der Waals surface area (Å²) in [6, 6.07) is 9.27. The summed E-state index contributed by atoms with van der Waals surface area (Å²) in [5.41, 5.74) is 0.715. The Morgan fingerprint density at radius 2 is 1.80 bits per heavy atom. The second kappa shape index (κ2) is 4.60. The van der Waals surface area contributed by atoms with Crippen molar-refractivity contribution in [3.05, 3.63) is 55.1 Å². The number of hydrogen-bond donors (Lipinski definition) is 0. The zero-order valence-corrected chi connectivity index (χ0v) is 11.5. The fourth-order valence-corrected chi connectivity index (χ4v) is 3.31. The molecule has 0 aliphatic carbocycles. The van der Waals surface area contributed by atoms with Gasteiger partial charge in [-0.3, -0.25) is 4.79 Å². The summed E-state index contributed by atoms with van der Waals surface area (Å²) in [4.78, 5) is 12.8. The Bertz CT molecular complexity index is 491. The molecule has 1 heterocycles. The van der Waals surface area contributed by atoms with Crippen LogP contribution in [0.2, 0.25) is 0 Å². The maximum atomic E-state index is 12.0. The van der Waals surface area contributed by atoms with Crippen LogP contribution in [0.5, 0.6) is 0 Å². The maximum absolute atomic E-state index is 12.0. The van der Waals surface area contributed by atoms with Crippen LogP contribution in [0.3, 0.4) is 0 Å². The van der Waals surface area contributed by atoms with Gasteiger partial charge >= 0.3 is 0 Å². The van der Waals surface area contributed by atoms with Crippen LogP contribution in [-0.4, -0.2) is 5.78 Å². The number of halogens is 2. The fourth-order valence-electron chi connectivity index (χ4n) is 1.20. The van der Waals surface area contributed by atoms with E-state index in [9.17, 15) is 4.79 Å². The van der Waals surface area contributed by atoms with Crippen molar-refractivity contribution in [3.63, 3.8) is 0 Å². The van der Waals surface area contributed by atoms with Gasteiger partial charge < -0.3 is 0 Å². The number of ketones is 1. The largest absolute Gasteiger partial charge is 0.288 e. The van der Waals surface area contributed by atoms with Crippen molar-refractivity contribution in [3.8, 4) is 0 Å². The summed E-state index contributed by atoms with van der Waals surface area (Å²) >= 11 is 8.19. The minimum Gasteiger partial charge on any atom is -0.288 e. The van der Waals surface area contributed by atoms with Crippen LogP contribution in [0.1, 0.15) is 15.2 Å². The average molecular weight is 346 g/mol. The predicted molar refractivity (Wildman–Crippen MR) is 69.6 cm³/mol. The number of thiophene rings is 1. The van der Waals surface area contributed by atoms with Crippen LogP contribution < -0.4 is 0 Å². The Morgan fingerprint density at radius 1 is 1.13 bits per heavy atom. The highest BCUT2D eigenvalue weighted by Crippen LogP contribution is 2.33. The highest BCUT2D eigenvalue weighted by molar-refractivity contribution is 9.13. The standard InChI is InChI=1S/C11H6Br2OS/c12-8-6-15-11(9(8)13)10(14)7-4-2-1-3-5-7/h1-6H. The van der Waals surface area contributed by atoms with Gasteiger partial charge in [-0.1, -0.05) is 30.3 Å². The highest BCUT2D eigenvalue weighted by atomic mass is 79.9. The lowest BCUT2D eigenvalue weighted by molar-refractivity contribution is 0.104. The SMILES string of the molecule is O=C(c1ccccc1)c1scc(Br)c1Br. The quantitative estimate of drug-likeness (QED) is 0.732. The molecule has 0 aliphatic heterocycles. The smallest absolute Gasteiger partial charge is 0.204 e. The van der Waals surface area contributed by atoms with Crippen LogP contribution in [-0.2, 0) is 0 Å². The molecule has 0 amide bonds. The molecule has 0 saturated heterocycles. The van der Waals surface area contributed by atoms with E-state index in [-0.39, 0.29) is 5.78 Å². The average Bonchev–Trinajstić information content (AvgIpc) is 2.60. The Hall–Kier alpha value is -0.450. The lowest BCUT2D eigenvalue weighted by atomic mass is 10.1. The minimum absolute atomic E-state index is 0.0539. The van der Waals surface area contributed by atoms with Gasteiger partial charge in [0.25, 0.3) is 0 Å². The van der Waals surface area contributed by atoms with E-state index in [1.54, 1.807) is 0 Å². The van der Waals surface area contributed by atoms with Crippen LogP contribution in [0.25, 0.3) is 0 Å². The Labute approximate surface area is 108 Å². The summed E-state index contributed by atoms with van der Waals surface area (Å²) in [6.07, 6.45) is 0. The monoisotopic (exact) mass is 344 g/mol. The Kier molecular flexibility index (Phi) is 3.38. The van der Waals surface area contributed by atoms with Crippen molar-refractivity contribution in [2.24, 2.45) is 0 Å². The van der Waals surface area contributed by atoms with Crippen molar-refractivity contribution in [2.45, 2.75) is 0 Å². The van der Waals surface area contributed by atoms with Gasteiger partial charge in [0.15, 0.2) is 0 Å². The van der Waals surface area contributed by atoms with E-state index in [1.165, 1.54) is 11.3 Å². The Balaban J connectivity index is 2.42. The minimum atomic E-state index is 0.0539. The maximum Gasteiger partial charge on any atom is 0.204 e. The molecule has 4 heteroatoms. The second-order valence-electron chi connectivity index (χ2n) is 2.92. The molecule has 0 spiro atoms. The van der Waals surface area contributed by atoms with Gasteiger partial charge in [0.2, 0.25) is 5.78 Å². The van der Waals surface area contributed by atoms with Crippen LogP contribution >= 0.6 is 43.2 Å². The van der Waals surface area contributed by atoms with E-state index in [1.807, 2.05) is 35.7 Å². The molecule has 15 heavy (non-hydrogen) atoms. The highest BCUT2D eigenvalue weighted by Gasteiger charge is 2.16. The van der Waals surface area contributed by atoms with Gasteiger partial charge in [-0.15, -0.1) is 11.3 Å². The zero-order valence-electron chi connectivity index (χ0n) is 7.54. The van der Waals surface area contributed by atoms with E-state index in [0.717, 1.165) is 13.8 Å². The van der Waals surface area contributed by atoms with Gasteiger partial charge in [0.1, 0.15) is 0 Å². The summed E-state index contributed by atoms with van der Waals surface area (Å²) < 4.78 is 1.76. The molecule has 0 N–H and O–H groups in total. The summed E-state index contributed by atoms with van der Waals surface area (Å²) in [6.45, 7) is 0. The number of hydrogen-bond acceptors (Lipinski definition) is 2. The van der Waals surface area contributed by atoms with Crippen LogP contribution in [0.4, 0.5) is 0 Å². The Morgan fingerprint density at radius 3 is 2.33 bits per heavy atom. The summed E-state index contributed by atoms with van der Waals surface area (Å²) in [5, 5.41) is 1.90. The molecule has 2 rings (SSSR count). The number of rotatable bonds is 2. The first-order chi connectivity index (χ1) is 7.20. The molecule has 1 nitrogen and oxygen atoms in total. The molecule has 1 aromatic heterocycles. The molecule has 0 radical (unpaired) electrons. The van der Waals surface area contributed by atoms with Gasteiger partial charge in [-0.05, 0) is 31.9 Å². The first-order valence-electron chi connectivity index (χ1n) is 4.22. The van der Waals surface area contributed by atoms with E-state index in [2.05, 4.69) is 31.9 Å². The van der Waals surface area contributed by atoms with E-state index >= 15 is 0 Å². The third-order valence-corrected chi connectivity index (χ3v) is 5.46. The molecular weight excluding hydrogens is 340 g/mol. The predicted octanol–water partition coefficient (Wildman–Crippen LogP) is 4.50. The first kappa shape index (κ1) is 11.0. The molecule has 0 bridgehead atoms. The van der Waals surface area contributed by atoms with E-state index in [0.29, 0.717) is 5.56 Å². The molecule has 76 valence electrons. The number of carbonyl (C=O) groups excluding carboxylic acids is 1. The second-order valence-corrected chi connectivity index (χ2v) is 5.45. The number of carbonyl (C=O) groups is 1. The number of benzene rings is 1. The molecule has 0 unspecified atom stereocenters. The zero-order chi connectivity index (χ0) is 10.8. The first-order valence-corrected chi connectivity index (χ1v) is 6.69. The molecule has 0 atom stereocenters. The van der Waals surface area contributed by atoms with Gasteiger partial charge in [0.05, 0.1) is 9.35 Å². The summed E-state index contributed by atoms with van der Waals surface area (Å²) in [7, 11) is 0. The van der Waals surface area contributed by atoms with E-state index in [4.69, 9.17) is 0 Å². The fraction of sp³-hybridized carbons (Fsp3) is 0. The topological polar surface area (TPSA) is 17.1 Å². The van der Waals surface area contributed by atoms with Gasteiger partial charge in [0, 0.05) is 15.4 Å². The van der Waals surface area contributed by atoms with Crippen molar-refractivity contribution in [1.29, 1.82) is 0 Å². The van der Waals surface area contributed by atoms with E-state index < -0.39 is 0 Å². The van der Waals surface area contributed by atoms with Crippen molar-refractivity contribution in [2.75, 3.05) is 0 Å². The molecule has 0 fully saturated rings. The van der Waals surface area contributed by atoms with Gasteiger partial charge in [-0.2, -0.15) is 0 Å². The molecule has 0 saturated carbocycles. The third kappa shape index (κ3) is 2.22. The van der Waals surface area contributed by atoms with Crippen molar-refractivity contribution in [1.82, 2.24) is 0 Å². The lowest BCUT2D eigenvalue weighted by Gasteiger charge is -1.98. The van der Waals surface area contributed by atoms with Crippen LogP contribution in [0.15, 0.2) is 44.7 Å². The summed E-state index contributed by atoms with van der Waals surface area (Å²) in [5.74, 6) is 0.0539. The van der Waals surface area contributed by atoms with Crippen molar-refractivity contribution < 1.29 is 4.79 Å². The normalized spacial score (nSPS) is 10.3.